The van der Waals surface area contributed by atoms with Crippen molar-refractivity contribution in [2.45, 2.75) is 13.8 Å². The zero-order chi connectivity index (χ0) is 13.0. The molecule has 5 nitrogen and oxygen atoms in total. The van der Waals surface area contributed by atoms with E-state index in [9.17, 15) is 9.59 Å². The van der Waals surface area contributed by atoms with Crippen LogP contribution in [0.15, 0.2) is 18.2 Å². The minimum Gasteiger partial charge on any atom is -0.480 e. The molecule has 0 aliphatic carbocycles. The van der Waals surface area contributed by atoms with Crippen LogP contribution in [-0.2, 0) is 9.59 Å². The van der Waals surface area contributed by atoms with E-state index < -0.39 is 11.9 Å². The van der Waals surface area contributed by atoms with Crippen molar-refractivity contribution in [1.82, 2.24) is 0 Å². The van der Waals surface area contributed by atoms with E-state index in [0.29, 0.717) is 5.69 Å². The van der Waals surface area contributed by atoms with Crippen molar-refractivity contribution < 1.29 is 19.8 Å². The van der Waals surface area contributed by atoms with Gasteiger partial charge >= 0.3 is 11.9 Å². The molecule has 0 heterocycles. The third kappa shape index (κ3) is 3.79. The number of nitrogens with zero attached hydrogens (tertiary/aromatic N) is 1. The van der Waals surface area contributed by atoms with Crippen LogP contribution >= 0.6 is 0 Å². The molecule has 92 valence electrons. The first-order valence-corrected chi connectivity index (χ1v) is 5.16. The van der Waals surface area contributed by atoms with Crippen LogP contribution in [0.2, 0.25) is 0 Å². The lowest BCUT2D eigenvalue weighted by Crippen LogP contribution is -2.34. The van der Waals surface area contributed by atoms with Gasteiger partial charge in [-0.25, -0.2) is 0 Å². The zero-order valence-electron chi connectivity index (χ0n) is 9.80. The van der Waals surface area contributed by atoms with Crippen LogP contribution in [0.3, 0.4) is 0 Å². The summed E-state index contributed by atoms with van der Waals surface area (Å²) in [6.07, 6.45) is 0. The van der Waals surface area contributed by atoms with E-state index in [2.05, 4.69) is 0 Å². The lowest BCUT2D eigenvalue weighted by molar-refractivity contribution is -0.136. The molecule has 0 unspecified atom stereocenters. The molecular formula is C12H15NO4. The molecule has 0 spiro atoms. The smallest absolute Gasteiger partial charge is 0.323 e. The quantitative estimate of drug-likeness (QED) is 0.806. The Balaban J connectivity index is 3.06. The number of carboxylic acid groups (broad SMARTS) is 2. The second-order valence-corrected chi connectivity index (χ2v) is 3.93. The van der Waals surface area contributed by atoms with Crippen molar-refractivity contribution in [3.8, 4) is 0 Å². The summed E-state index contributed by atoms with van der Waals surface area (Å²) in [5.41, 5.74) is 2.47. The van der Waals surface area contributed by atoms with Crippen LogP contribution in [0.1, 0.15) is 11.1 Å². The average molecular weight is 237 g/mol. The molecule has 1 rings (SSSR count). The average Bonchev–Trinajstić information content (AvgIpc) is 2.19. The van der Waals surface area contributed by atoms with Gasteiger partial charge in [-0.2, -0.15) is 0 Å². The maximum absolute atomic E-state index is 10.7. The number of aliphatic carboxylic acids is 2. The molecule has 0 atom stereocenters. The van der Waals surface area contributed by atoms with E-state index in [1.807, 2.05) is 26.0 Å². The second kappa shape index (κ2) is 5.34. The summed E-state index contributed by atoms with van der Waals surface area (Å²) in [7, 11) is 0. The molecule has 0 saturated carbocycles. The number of hydrogen-bond donors (Lipinski definition) is 2. The van der Waals surface area contributed by atoms with Gasteiger partial charge in [-0.05, 0) is 31.0 Å². The number of aryl methyl sites for hydroxylation is 2. The van der Waals surface area contributed by atoms with Gasteiger partial charge in [0.15, 0.2) is 0 Å². The molecule has 0 aromatic heterocycles. The van der Waals surface area contributed by atoms with Gasteiger partial charge in [-0.15, -0.1) is 0 Å². The lowest BCUT2D eigenvalue weighted by atomic mass is 10.1. The van der Waals surface area contributed by atoms with Crippen molar-refractivity contribution in [2.75, 3.05) is 18.0 Å². The number of carboxylic acids is 2. The highest BCUT2D eigenvalue weighted by Gasteiger charge is 2.15. The predicted octanol–water partition coefficient (Wildman–Crippen LogP) is 1.28. The highest BCUT2D eigenvalue weighted by Crippen LogP contribution is 2.21. The summed E-state index contributed by atoms with van der Waals surface area (Å²) < 4.78 is 0. The van der Waals surface area contributed by atoms with E-state index in [1.165, 1.54) is 4.90 Å². The third-order valence-electron chi connectivity index (χ3n) is 2.36. The SMILES string of the molecule is Cc1ccc(C)c(N(CC(=O)O)CC(=O)O)c1. The Kier molecular flexibility index (Phi) is 4.09. The fourth-order valence-electron chi connectivity index (χ4n) is 1.61. The van der Waals surface area contributed by atoms with Crippen molar-refractivity contribution >= 4 is 17.6 Å². The molecule has 0 aliphatic heterocycles. The van der Waals surface area contributed by atoms with Crippen molar-refractivity contribution in [3.63, 3.8) is 0 Å². The summed E-state index contributed by atoms with van der Waals surface area (Å²) in [5.74, 6) is -2.10. The minimum atomic E-state index is -1.05. The topological polar surface area (TPSA) is 77.8 Å². The molecule has 0 saturated heterocycles. The zero-order valence-corrected chi connectivity index (χ0v) is 9.80. The van der Waals surface area contributed by atoms with Crippen LogP contribution < -0.4 is 4.90 Å². The molecule has 0 aliphatic rings. The van der Waals surface area contributed by atoms with Gasteiger partial charge in [-0.1, -0.05) is 12.1 Å². The summed E-state index contributed by atoms with van der Waals surface area (Å²) in [4.78, 5) is 22.8. The Labute approximate surface area is 99.3 Å². The van der Waals surface area contributed by atoms with E-state index >= 15 is 0 Å². The van der Waals surface area contributed by atoms with Gasteiger partial charge in [0.2, 0.25) is 0 Å². The fraction of sp³-hybridized carbons (Fsp3) is 0.333. The lowest BCUT2D eigenvalue weighted by Gasteiger charge is -2.23. The predicted molar refractivity (Wildman–Crippen MR) is 63.4 cm³/mol. The maximum Gasteiger partial charge on any atom is 0.323 e. The molecule has 2 N–H and O–H groups in total. The van der Waals surface area contributed by atoms with E-state index in [4.69, 9.17) is 10.2 Å². The molecule has 1 aromatic carbocycles. The van der Waals surface area contributed by atoms with E-state index in [1.54, 1.807) is 6.07 Å². The highest BCUT2D eigenvalue weighted by atomic mass is 16.4. The molecule has 5 heteroatoms. The second-order valence-electron chi connectivity index (χ2n) is 3.93. The summed E-state index contributed by atoms with van der Waals surface area (Å²) >= 11 is 0. The molecule has 0 fully saturated rings. The van der Waals surface area contributed by atoms with Gasteiger partial charge < -0.3 is 15.1 Å². The standard InChI is InChI=1S/C12H15NO4/c1-8-3-4-9(2)10(5-8)13(6-11(14)15)7-12(16)17/h3-5H,6-7H2,1-2H3,(H,14,15)(H,16,17). The van der Waals surface area contributed by atoms with E-state index in [-0.39, 0.29) is 13.1 Å². The normalized spacial score (nSPS) is 10.0. The molecule has 0 radical (unpaired) electrons. The van der Waals surface area contributed by atoms with Crippen molar-refractivity contribution in [3.05, 3.63) is 29.3 Å². The third-order valence-corrected chi connectivity index (χ3v) is 2.36. The van der Waals surface area contributed by atoms with Crippen LogP contribution in [0, 0.1) is 13.8 Å². The Hall–Kier alpha value is -2.04. The first kappa shape index (κ1) is 13.0. The van der Waals surface area contributed by atoms with Gasteiger partial charge in [0.05, 0.1) is 0 Å². The van der Waals surface area contributed by atoms with Crippen LogP contribution in [0.25, 0.3) is 0 Å². The summed E-state index contributed by atoms with van der Waals surface area (Å²) in [6.45, 7) is 3.06. The van der Waals surface area contributed by atoms with Gasteiger partial charge in [0.25, 0.3) is 0 Å². The van der Waals surface area contributed by atoms with E-state index in [0.717, 1.165) is 11.1 Å². The minimum absolute atomic E-state index is 0.323. The maximum atomic E-state index is 10.7. The summed E-state index contributed by atoms with van der Waals surface area (Å²) in [6, 6.07) is 5.54. The van der Waals surface area contributed by atoms with Gasteiger partial charge in [-0.3, -0.25) is 9.59 Å². The monoisotopic (exact) mass is 237 g/mol. The van der Waals surface area contributed by atoms with Crippen LogP contribution in [-0.4, -0.2) is 35.2 Å². The molecule has 17 heavy (non-hydrogen) atoms. The number of hydrogen-bond acceptors (Lipinski definition) is 3. The highest BCUT2D eigenvalue weighted by molar-refractivity contribution is 5.80. The number of carbonyl (C=O) groups is 2. The fourth-order valence-corrected chi connectivity index (χ4v) is 1.61. The Morgan fingerprint density at radius 2 is 1.65 bits per heavy atom. The first-order valence-electron chi connectivity index (χ1n) is 5.16. The molecule has 0 bridgehead atoms. The first-order chi connectivity index (χ1) is 7.90. The number of benzene rings is 1. The number of anilines is 1. The molecule has 1 aromatic rings. The van der Waals surface area contributed by atoms with Crippen LogP contribution in [0.4, 0.5) is 5.69 Å². The van der Waals surface area contributed by atoms with Gasteiger partial charge in [0.1, 0.15) is 13.1 Å². The Bertz CT molecular complexity index is 426. The Morgan fingerprint density at radius 3 is 2.12 bits per heavy atom. The Morgan fingerprint density at radius 1 is 1.12 bits per heavy atom. The summed E-state index contributed by atoms with van der Waals surface area (Å²) in [5, 5.41) is 17.6. The van der Waals surface area contributed by atoms with Crippen LogP contribution in [0.5, 0.6) is 0 Å². The molecular weight excluding hydrogens is 222 g/mol. The van der Waals surface area contributed by atoms with Crippen molar-refractivity contribution in [1.29, 1.82) is 0 Å². The molecule has 0 amide bonds. The number of rotatable bonds is 5. The largest absolute Gasteiger partial charge is 0.480 e. The van der Waals surface area contributed by atoms with Gasteiger partial charge in [0, 0.05) is 5.69 Å². The van der Waals surface area contributed by atoms with Crippen molar-refractivity contribution in [2.24, 2.45) is 0 Å².